The molecule has 3 rings (SSSR count). The van der Waals surface area contributed by atoms with Gasteiger partial charge in [-0.2, -0.15) is 0 Å². The Morgan fingerprint density at radius 2 is 1.82 bits per heavy atom. The van der Waals surface area contributed by atoms with Crippen molar-refractivity contribution in [3.8, 4) is 0 Å². The smallest absolute Gasteiger partial charge is 0.295 e. The van der Waals surface area contributed by atoms with E-state index in [0.29, 0.717) is 37.6 Å². The topological polar surface area (TPSA) is 69.9 Å². The molecule has 2 heterocycles. The second-order valence-corrected chi connectivity index (χ2v) is 8.05. The van der Waals surface area contributed by atoms with Gasteiger partial charge in [0.15, 0.2) is 5.82 Å². The number of nitro groups is 1. The quantitative estimate of drug-likeness (QED) is 0.580. The standard InChI is InChI=1S/C20H29FN4O3/c1-14(2)20(26)23-10-8-22(9-11-23)18-13-17(16(21)12-19(18)25(27)28)24-7-5-4-6-15(24)3/h12-15H,4-11H2,1-3H3. The molecule has 1 unspecified atom stereocenters. The van der Waals surface area contributed by atoms with E-state index in [4.69, 9.17) is 0 Å². The first-order valence-corrected chi connectivity index (χ1v) is 10.1. The van der Waals surface area contributed by atoms with Gasteiger partial charge in [0.25, 0.3) is 5.69 Å². The van der Waals surface area contributed by atoms with Crippen LogP contribution in [0.2, 0.25) is 0 Å². The van der Waals surface area contributed by atoms with Gasteiger partial charge in [-0.1, -0.05) is 13.8 Å². The molecule has 1 aromatic carbocycles. The van der Waals surface area contributed by atoms with Crippen LogP contribution in [0.4, 0.5) is 21.5 Å². The van der Waals surface area contributed by atoms with E-state index in [9.17, 15) is 19.3 Å². The zero-order chi connectivity index (χ0) is 20.4. The molecule has 1 aromatic rings. The van der Waals surface area contributed by atoms with Gasteiger partial charge in [0.1, 0.15) is 5.69 Å². The van der Waals surface area contributed by atoms with Crippen LogP contribution in [0.15, 0.2) is 12.1 Å². The molecule has 2 aliphatic rings. The number of halogens is 1. The summed E-state index contributed by atoms with van der Waals surface area (Å²) in [5, 5.41) is 11.6. The molecule has 0 aliphatic carbocycles. The van der Waals surface area contributed by atoms with Crippen LogP contribution >= 0.6 is 0 Å². The Labute approximate surface area is 165 Å². The van der Waals surface area contributed by atoms with Crippen molar-refractivity contribution in [3.63, 3.8) is 0 Å². The molecular weight excluding hydrogens is 363 g/mol. The van der Waals surface area contributed by atoms with Crippen LogP contribution in [0.3, 0.4) is 0 Å². The van der Waals surface area contributed by atoms with E-state index in [0.717, 1.165) is 31.9 Å². The minimum atomic E-state index is -0.544. The minimum Gasteiger partial charge on any atom is -0.366 e. The van der Waals surface area contributed by atoms with E-state index in [1.54, 1.807) is 11.0 Å². The van der Waals surface area contributed by atoms with Crippen molar-refractivity contribution >= 4 is 23.0 Å². The Bertz CT molecular complexity index is 747. The number of hydrogen-bond donors (Lipinski definition) is 0. The number of hydrogen-bond acceptors (Lipinski definition) is 5. The van der Waals surface area contributed by atoms with E-state index in [-0.39, 0.29) is 23.6 Å². The molecule has 7 nitrogen and oxygen atoms in total. The number of piperazine rings is 1. The monoisotopic (exact) mass is 392 g/mol. The highest BCUT2D eigenvalue weighted by atomic mass is 19.1. The zero-order valence-electron chi connectivity index (χ0n) is 16.9. The minimum absolute atomic E-state index is 0.0705. The molecule has 0 aromatic heterocycles. The number of nitrogens with zero attached hydrogens (tertiary/aromatic N) is 4. The SMILES string of the molecule is CC(C)C(=O)N1CCN(c2cc(N3CCCCC3C)c(F)cc2[N+](=O)[O-])CC1. The maximum Gasteiger partial charge on any atom is 0.295 e. The normalized spacial score (nSPS) is 20.6. The highest BCUT2D eigenvalue weighted by Crippen LogP contribution is 2.37. The molecule has 0 radical (unpaired) electrons. The third-order valence-corrected chi connectivity index (χ3v) is 5.78. The summed E-state index contributed by atoms with van der Waals surface area (Å²) in [7, 11) is 0. The van der Waals surface area contributed by atoms with Crippen LogP contribution in [0.1, 0.15) is 40.0 Å². The lowest BCUT2D eigenvalue weighted by Gasteiger charge is -2.38. The van der Waals surface area contributed by atoms with E-state index in [1.165, 1.54) is 0 Å². The van der Waals surface area contributed by atoms with Gasteiger partial charge in [0.05, 0.1) is 16.7 Å². The summed E-state index contributed by atoms with van der Waals surface area (Å²) in [6.45, 7) is 8.58. The van der Waals surface area contributed by atoms with Crippen LogP contribution < -0.4 is 9.80 Å². The summed E-state index contributed by atoms with van der Waals surface area (Å²) >= 11 is 0. The Morgan fingerprint density at radius 3 is 2.39 bits per heavy atom. The van der Waals surface area contributed by atoms with Gasteiger partial charge >= 0.3 is 0 Å². The molecule has 1 amide bonds. The van der Waals surface area contributed by atoms with E-state index in [2.05, 4.69) is 6.92 Å². The lowest BCUT2D eigenvalue weighted by Crippen LogP contribution is -2.50. The third kappa shape index (κ3) is 4.05. The molecule has 1 atom stereocenters. The van der Waals surface area contributed by atoms with Crippen LogP contribution in [-0.4, -0.2) is 54.5 Å². The van der Waals surface area contributed by atoms with Gasteiger partial charge in [0, 0.05) is 44.7 Å². The van der Waals surface area contributed by atoms with Crippen LogP contribution in [0, 0.1) is 21.8 Å². The van der Waals surface area contributed by atoms with E-state index in [1.807, 2.05) is 23.6 Å². The van der Waals surface area contributed by atoms with Crippen molar-refractivity contribution in [1.29, 1.82) is 0 Å². The number of piperidine rings is 1. The Balaban J connectivity index is 1.88. The second-order valence-electron chi connectivity index (χ2n) is 8.05. The van der Waals surface area contributed by atoms with Crippen molar-refractivity contribution in [3.05, 3.63) is 28.1 Å². The first-order valence-electron chi connectivity index (χ1n) is 10.1. The number of rotatable bonds is 4. The van der Waals surface area contributed by atoms with Gasteiger partial charge in [-0.15, -0.1) is 0 Å². The van der Waals surface area contributed by atoms with Crippen molar-refractivity contribution in [2.75, 3.05) is 42.5 Å². The molecule has 28 heavy (non-hydrogen) atoms. The number of nitro benzene ring substituents is 1. The lowest BCUT2D eigenvalue weighted by atomic mass is 10.0. The maximum atomic E-state index is 14.8. The number of amides is 1. The molecule has 2 saturated heterocycles. The number of carbonyl (C=O) groups is 1. The molecular formula is C20H29FN4O3. The van der Waals surface area contributed by atoms with E-state index >= 15 is 0 Å². The molecule has 8 heteroatoms. The predicted molar refractivity (Wildman–Crippen MR) is 107 cm³/mol. The van der Waals surface area contributed by atoms with Crippen LogP contribution in [0.25, 0.3) is 0 Å². The Kier molecular flexibility index (Phi) is 6.05. The molecule has 0 bridgehead atoms. The molecule has 154 valence electrons. The summed E-state index contributed by atoms with van der Waals surface area (Å²) in [5.74, 6) is -0.521. The fraction of sp³-hybridized carbons (Fsp3) is 0.650. The first kappa shape index (κ1) is 20.4. The number of anilines is 2. The van der Waals surface area contributed by atoms with Gasteiger partial charge in [-0.3, -0.25) is 14.9 Å². The van der Waals surface area contributed by atoms with Crippen LogP contribution in [0.5, 0.6) is 0 Å². The van der Waals surface area contributed by atoms with Gasteiger partial charge in [-0.25, -0.2) is 4.39 Å². The van der Waals surface area contributed by atoms with Crippen molar-refractivity contribution in [2.45, 2.75) is 46.1 Å². The average molecular weight is 392 g/mol. The fourth-order valence-electron chi connectivity index (χ4n) is 4.15. The zero-order valence-corrected chi connectivity index (χ0v) is 16.9. The highest BCUT2D eigenvalue weighted by molar-refractivity contribution is 5.79. The molecule has 0 saturated carbocycles. The third-order valence-electron chi connectivity index (χ3n) is 5.78. The van der Waals surface area contributed by atoms with Crippen molar-refractivity contribution < 1.29 is 14.1 Å². The lowest BCUT2D eigenvalue weighted by molar-refractivity contribution is -0.384. The fourth-order valence-corrected chi connectivity index (χ4v) is 4.15. The van der Waals surface area contributed by atoms with Crippen LogP contribution in [-0.2, 0) is 4.79 Å². The molecule has 2 aliphatic heterocycles. The molecule has 2 fully saturated rings. The van der Waals surface area contributed by atoms with E-state index < -0.39 is 10.7 Å². The largest absolute Gasteiger partial charge is 0.366 e. The summed E-state index contributed by atoms with van der Waals surface area (Å²) in [6.07, 6.45) is 3.10. The van der Waals surface area contributed by atoms with Gasteiger partial charge in [-0.05, 0) is 32.3 Å². The average Bonchev–Trinajstić information content (AvgIpc) is 2.68. The summed E-state index contributed by atoms with van der Waals surface area (Å²) < 4.78 is 14.8. The van der Waals surface area contributed by atoms with Gasteiger partial charge < -0.3 is 14.7 Å². The Hall–Kier alpha value is -2.38. The molecule has 0 N–H and O–H groups in total. The van der Waals surface area contributed by atoms with Gasteiger partial charge in [0.2, 0.25) is 5.91 Å². The summed E-state index contributed by atoms with van der Waals surface area (Å²) in [6, 6.07) is 2.89. The highest BCUT2D eigenvalue weighted by Gasteiger charge is 2.30. The Morgan fingerprint density at radius 1 is 1.14 bits per heavy atom. The second kappa shape index (κ2) is 8.32. The van der Waals surface area contributed by atoms with Crippen molar-refractivity contribution in [2.24, 2.45) is 5.92 Å². The maximum absolute atomic E-state index is 14.8. The number of carbonyl (C=O) groups excluding carboxylic acids is 1. The number of benzene rings is 1. The molecule has 0 spiro atoms. The summed E-state index contributed by atoms with van der Waals surface area (Å²) in [4.78, 5) is 29.0. The predicted octanol–water partition coefficient (Wildman–Crippen LogP) is 3.42. The summed E-state index contributed by atoms with van der Waals surface area (Å²) in [5.41, 5.74) is 0.666. The first-order chi connectivity index (χ1) is 13.3. The van der Waals surface area contributed by atoms with Crippen molar-refractivity contribution in [1.82, 2.24) is 4.90 Å².